The molecule has 2 aliphatic heterocycles. The van der Waals surface area contributed by atoms with Crippen molar-refractivity contribution < 1.29 is 4.74 Å². The molecule has 1 aromatic rings. The summed E-state index contributed by atoms with van der Waals surface area (Å²) in [6.45, 7) is 2.25. The van der Waals surface area contributed by atoms with Crippen molar-refractivity contribution in [2.75, 3.05) is 0 Å². The molecule has 1 aromatic carbocycles. The van der Waals surface area contributed by atoms with Crippen LogP contribution in [0.3, 0.4) is 0 Å². The van der Waals surface area contributed by atoms with Gasteiger partial charge in [-0.3, -0.25) is 0 Å². The molecule has 0 N–H and O–H groups in total. The van der Waals surface area contributed by atoms with E-state index in [1.807, 2.05) is 0 Å². The molecule has 0 aromatic heterocycles. The highest BCUT2D eigenvalue weighted by atomic mass is 79.9. The third-order valence-electron chi connectivity index (χ3n) is 4.40. The molecule has 2 saturated heterocycles. The van der Waals surface area contributed by atoms with Crippen LogP contribution in [0, 0.1) is 0 Å². The van der Waals surface area contributed by atoms with Crippen LogP contribution in [0.15, 0.2) is 28.7 Å². The summed E-state index contributed by atoms with van der Waals surface area (Å²) in [6, 6.07) is 8.66. The van der Waals surface area contributed by atoms with E-state index in [-0.39, 0.29) is 11.2 Å². The summed E-state index contributed by atoms with van der Waals surface area (Å²) in [5, 5.41) is 0. The monoisotopic (exact) mass is 280 g/mol. The zero-order valence-electron chi connectivity index (χ0n) is 9.63. The number of ether oxygens (including phenoxy) is 1. The molecule has 0 radical (unpaired) electrons. The van der Waals surface area contributed by atoms with Gasteiger partial charge in [0.1, 0.15) is 0 Å². The van der Waals surface area contributed by atoms with E-state index in [4.69, 9.17) is 4.74 Å². The molecule has 0 unspecified atom stereocenters. The lowest BCUT2D eigenvalue weighted by molar-refractivity contribution is -0.0530. The lowest BCUT2D eigenvalue weighted by atomic mass is 9.78. The van der Waals surface area contributed by atoms with Crippen LogP contribution in [0.25, 0.3) is 0 Å². The minimum Gasteiger partial charge on any atom is -0.364 e. The lowest BCUT2D eigenvalue weighted by Gasteiger charge is -2.25. The second kappa shape index (κ2) is 3.58. The number of rotatable bonds is 2. The van der Waals surface area contributed by atoms with Crippen LogP contribution in [-0.2, 0) is 10.3 Å². The SMILES string of the molecule is CCC12CCC(c3ccc(Br)cc3)(CC1)O2. The van der Waals surface area contributed by atoms with Crippen molar-refractivity contribution in [1.82, 2.24) is 0 Å². The zero-order chi connectivity index (χ0) is 11.2. The lowest BCUT2D eigenvalue weighted by Crippen LogP contribution is -2.23. The van der Waals surface area contributed by atoms with E-state index in [9.17, 15) is 0 Å². The van der Waals surface area contributed by atoms with Crippen molar-refractivity contribution in [3.63, 3.8) is 0 Å². The fourth-order valence-corrected chi connectivity index (χ4v) is 3.52. The van der Waals surface area contributed by atoms with Crippen LogP contribution in [0.4, 0.5) is 0 Å². The molecular formula is C14H17BrO. The summed E-state index contributed by atoms with van der Waals surface area (Å²) >= 11 is 3.49. The minimum atomic E-state index is 0.0384. The number of benzene rings is 1. The first-order valence-electron chi connectivity index (χ1n) is 6.14. The molecule has 2 fully saturated rings. The van der Waals surface area contributed by atoms with Crippen molar-refractivity contribution in [1.29, 1.82) is 0 Å². The Balaban J connectivity index is 1.94. The maximum absolute atomic E-state index is 6.41. The van der Waals surface area contributed by atoms with Gasteiger partial charge in [-0.15, -0.1) is 0 Å². The standard InChI is InChI=1S/C14H17BrO/c1-2-13-7-9-14(16-13,10-8-13)11-3-5-12(15)6-4-11/h3-6H,2,7-10H2,1H3. The van der Waals surface area contributed by atoms with E-state index in [0.29, 0.717) is 0 Å². The van der Waals surface area contributed by atoms with Gasteiger partial charge in [0.25, 0.3) is 0 Å². The number of halogens is 1. The molecule has 2 aliphatic rings. The molecule has 2 heterocycles. The van der Waals surface area contributed by atoms with E-state index in [2.05, 4.69) is 47.1 Å². The van der Waals surface area contributed by atoms with E-state index in [1.165, 1.54) is 31.2 Å². The van der Waals surface area contributed by atoms with Crippen LogP contribution in [0.5, 0.6) is 0 Å². The topological polar surface area (TPSA) is 9.23 Å². The molecule has 0 saturated carbocycles. The van der Waals surface area contributed by atoms with Crippen LogP contribution in [0.1, 0.15) is 44.6 Å². The Morgan fingerprint density at radius 2 is 1.75 bits per heavy atom. The van der Waals surface area contributed by atoms with Crippen molar-refractivity contribution in [3.8, 4) is 0 Å². The molecule has 0 amide bonds. The molecule has 0 aliphatic carbocycles. The molecule has 3 rings (SSSR count). The van der Waals surface area contributed by atoms with Crippen LogP contribution in [0.2, 0.25) is 0 Å². The van der Waals surface area contributed by atoms with Gasteiger partial charge >= 0.3 is 0 Å². The van der Waals surface area contributed by atoms with Crippen molar-refractivity contribution >= 4 is 15.9 Å². The zero-order valence-corrected chi connectivity index (χ0v) is 11.2. The Kier molecular flexibility index (Phi) is 2.41. The summed E-state index contributed by atoms with van der Waals surface area (Å²) in [4.78, 5) is 0. The molecule has 0 atom stereocenters. The fourth-order valence-electron chi connectivity index (χ4n) is 3.25. The quantitative estimate of drug-likeness (QED) is 0.780. The Labute approximate surface area is 105 Å². The van der Waals surface area contributed by atoms with Gasteiger partial charge in [0.2, 0.25) is 0 Å². The third kappa shape index (κ3) is 1.46. The van der Waals surface area contributed by atoms with Crippen LogP contribution in [-0.4, -0.2) is 5.60 Å². The maximum Gasteiger partial charge on any atom is 0.0941 e. The van der Waals surface area contributed by atoms with Crippen LogP contribution < -0.4 is 0 Å². The van der Waals surface area contributed by atoms with E-state index in [1.54, 1.807) is 0 Å². The van der Waals surface area contributed by atoms with Gasteiger partial charge < -0.3 is 4.74 Å². The fraction of sp³-hybridized carbons (Fsp3) is 0.571. The Morgan fingerprint density at radius 3 is 2.25 bits per heavy atom. The first kappa shape index (κ1) is 10.8. The smallest absolute Gasteiger partial charge is 0.0941 e. The van der Waals surface area contributed by atoms with Crippen LogP contribution >= 0.6 is 15.9 Å². The highest BCUT2D eigenvalue weighted by Gasteiger charge is 2.55. The number of hydrogen-bond acceptors (Lipinski definition) is 1. The number of hydrogen-bond donors (Lipinski definition) is 0. The highest BCUT2D eigenvalue weighted by molar-refractivity contribution is 9.10. The van der Waals surface area contributed by atoms with E-state index < -0.39 is 0 Å². The third-order valence-corrected chi connectivity index (χ3v) is 4.92. The summed E-state index contributed by atoms with van der Waals surface area (Å²) in [6.07, 6.45) is 6.02. The van der Waals surface area contributed by atoms with Gasteiger partial charge in [-0.2, -0.15) is 0 Å². The Hall–Kier alpha value is -0.340. The first-order chi connectivity index (χ1) is 7.68. The van der Waals surface area contributed by atoms with Gasteiger partial charge in [0.05, 0.1) is 11.2 Å². The van der Waals surface area contributed by atoms with Gasteiger partial charge in [-0.05, 0) is 49.8 Å². The predicted molar refractivity (Wildman–Crippen MR) is 68.4 cm³/mol. The van der Waals surface area contributed by atoms with Gasteiger partial charge in [-0.25, -0.2) is 0 Å². The molecule has 2 heteroatoms. The molecule has 0 spiro atoms. The van der Waals surface area contributed by atoms with Crippen molar-refractivity contribution in [3.05, 3.63) is 34.3 Å². The largest absolute Gasteiger partial charge is 0.364 e. The molecular weight excluding hydrogens is 264 g/mol. The summed E-state index contributed by atoms with van der Waals surface area (Å²) in [5.74, 6) is 0. The second-order valence-electron chi connectivity index (χ2n) is 5.14. The molecule has 2 bridgehead atoms. The molecule has 1 nitrogen and oxygen atoms in total. The average molecular weight is 281 g/mol. The number of fused-ring (bicyclic) bond motifs is 2. The second-order valence-corrected chi connectivity index (χ2v) is 6.06. The highest BCUT2D eigenvalue weighted by Crippen LogP contribution is 2.57. The van der Waals surface area contributed by atoms with Gasteiger partial charge in [0.15, 0.2) is 0 Å². The van der Waals surface area contributed by atoms with E-state index >= 15 is 0 Å². The Bertz CT molecular complexity index is 388. The van der Waals surface area contributed by atoms with Crippen molar-refractivity contribution in [2.45, 2.75) is 50.2 Å². The van der Waals surface area contributed by atoms with E-state index in [0.717, 1.165) is 10.9 Å². The van der Waals surface area contributed by atoms with Gasteiger partial charge in [0, 0.05) is 4.47 Å². The minimum absolute atomic E-state index is 0.0384. The summed E-state index contributed by atoms with van der Waals surface area (Å²) in [5.41, 5.74) is 1.60. The average Bonchev–Trinajstić information content (AvgIpc) is 2.87. The van der Waals surface area contributed by atoms with Crippen molar-refractivity contribution in [2.24, 2.45) is 0 Å². The first-order valence-corrected chi connectivity index (χ1v) is 6.94. The predicted octanol–water partition coefficient (Wildman–Crippen LogP) is 4.40. The Morgan fingerprint density at radius 1 is 1.12 bits per heavy atom. The summed E-state index contributed by atoms with van der Waals surface area (Å²) < 4.78 is 7.55. The maximum atomic E-state index is 6.41. The summed E-state index contributed by atoms with van der Waals surface area (Å²) in [7, 11) is 0. The van der Waals surface area contributed by atoms with Gasteiger partial charge in [-0.1, -0.05) is 35.0 Å². The molecule has 16 heavy (non-hydrogen) atoms. The molecule has 86 valence electrons. The normalized spacial score (nSPS) is 36.9.